The van der Waals surface area contributed by atoms with Crippen molar-refractivity contribution in [3.8, 4) is 0 Å². The van der Waals surface area contributed by atoms with Gasteiger partial charge in [-0.1, -0.05) is 0 Å². The standard InChI is InChI=1S/C15H28O8/c1-11(19-6)10-21-13(16)15(3,4)22-8-7-20-14(17)23-12(2)9-18-5/h11-12H,7-10H2,1-6H3. The fourth-order valence-corrected chi connectivity index (χ4v) is 1.38. The summed E-state index contributed by atoms with van der Waals surface area (Å²) in [6.45, 7) is 7.04. The van der Waals surface area contributed by atoms with Gasteiger partial charge in [-0.25, -0.2) is 9.59 Å². The molecule has 0 radical (unpaired) electrons. The van der Waals surface area contributed by atoms with Gasteiger partial charge in [-0.2, -0.15) is 0 Å². The van der Waals surface area contributed by atoms with Gasteiger partial charge in [0.25, 0.3) is 0 Å². The first-order chi connectivity index (χ1) is 10.7. The molecule has 8 heteroatoms. The number of hydrogen-bond donors (Lipinski definition) is 0. The highest BCUT2D eigenvalue weighted by molar-refractivity contribution is 5.78. The predicted molar refractivity (Wildman–Crippen MR) is 81.2 cm³/mol. The van der Waals surface area contributed by atoms with E-state index in [0.29, 0.717) is 0 Å². The molecule has 0 aromatic rings. The second kappa shape index (κ2) is 11.2. The van der Waals surface area contributed by atoms with Gasteiger partial charge in [0.1, 0.15) is 19.3 Å². The molecule has 0 aliphatic heterocycles. The summed E-state index contributed by atoms with van der Waals surface area (Å²) >= 11 is 0. The average molecular weight is 336 g/mol. The lowest BCUT2D eigenvalue weighted by molar-refractivity contribution is -0.172. The van der Waals surface area contributed by atoms with E-state index in [1.807, 2.05) is 0 Å². The van der Waals surface area contributed by atoms with Gasteiger partial charge in [-0.3, -0.25) is 0 Å². The van der Waals surface area contributed by atoms with Crippen LogP contribution in [-0.2, 0) is 33.2 Å². The summed E-state index contributed by atoms with van der Waals surface area (Å²) in [5, 5.41) is 0. The van der Waals surface area contributed by atoms with Crippen LogP contribution in [0.4, 0.5) is 4.79 Å². The monoisotopic (exact) mass is 336 g/mol. The van der Waals surface area contributed by atoms with Crippen LogP contribution in [0.15, 0.2) is 0 Å². The van der Waals surface area contributed by atoms with Gasteiger partial charge in [-0.05, 0) is 27.7 Å². The predicted octanol–water partition coefficient (Wildman–Crippen LogP) is 1.55. The molecule has 0 aliphatic rings. The summed E-state index contributed by atoms with van der Waals surface area (Å²) in [7, 11) is 3.04. The molecule has 0 rings (SSSR count). The third-order valence-corrected chi connectivity index (χ3v) is 2.81. The Labute approximate surface area is 137 Å². The van der Waals surface area contributed by atoms with Crippen LogP contribution in [0.2, 0.25) is 0 Å². The number of rotatable bonds is 11. The van der Waals surface area contributed by atoms with Crippen molar-refractivity contribution in [2.24, 2.45) is 0 Å². The van der Waals surface area contributed by atoms with Gasteiger partial charge >= 0.3 is 12.1 Å². The molecule has 0 fully saturated rings. The van der Waals surface area contributed by atoms with E-state index in [4.69, 9.17) is 28.4 Å². The van der Waals surface area contributed by atoms with E-state index in [1.54, 1.807) is 27.7 Å². The van der Waals surface area contributed by atoms with Crippen LogP contribution in [-0.4, -0.2) is 70.6 Å². The zero-order chi connectivity index (χ0) is 17.9. The van der Waals surface area contributed by atoms with Gasteiger partial charge in [0.05, 0.1) is 19.3 Å². The van der Waals surface area contributed by atoms with Crippen molar-refractivity contribution in [1.29, 1.82) is 0 Å². The molecule has 0 saturated carbocycles. The zero-order valence-electron chi connectivity index (χ0n) is 14.7. The Hall–Kier alpha value is -1.38. The summed E-state index contributed by atoms with van der Waals surface area (Å²) in [5.41, 5.74) is -1.15. The van der Waals surface area contributed by atoms with E-state index < -0.39 is 23.8 Å². The topological polar surface area (TPSA) is 89.5 Å². The van der Waals surface area contributed by atoms with Crippen LogP contribution in [0.1, 0.15) is 27.7 Å². The molecule has 23 heavy (non-hydrogen) atoms. The fraction of sp³-hybridized carbons (Fsp3) is 0.867. The van der Waals surface area contributed by atoms with E-state index in [1.165, 1.54) is 14.2 Å². The molecule has 136 valence electrons. The van der Waals surface area contributed by atoms with Crippen molar-refractivity contribution in [2.45, 2.75) is 45.5 Å². The molecule has 0 saturated heterocycles. The fourth-order valence-electron chi connectivity index (χ4n) is 1.38. The highest BCUT2D eigenvalue weighted by Crippen LogP contribution is 2.12. The SMILES string of the molecule is COCC(C)OC(=O)OCCOC(C)(C)C(=O)OCC(C)OC. The molecule has 0 aliphatic carbocycles. The van der Waals surface area contributed by atoms with Gasteiger partial charge in [0, 0.05) is 14.2 Å². The Morgan fingerprint density at radius 1 is 0.957 bits per heavy atom. The maximum atomic E-state index is 11.9. The van der Waals surface area contributed by atoms with Gasteiger partial charge in [0.15, 0.2) is 5.60 Å². The quantitative estimate of drug-likeness (QED) is 0.415. The highest BCUT2D eigenvalue weighted by Gasteiger charge is 2.30. The molecule has 0 aromatic heterocycles. The third kappa shape index (κ3) is 10.1. The van der Waals surface area contributed by atoms with Crippen molar-refractivity contribution in [1.82, 2.24) is 0 Å². The van der Waals surface area contributed by atoms with Gasteiger partial charge in [-0.15, -0.1) is 0 Å². The number of hydrogen-bond acceptors (Lipinski definition) is 8. The Balaban J connectivity index is 3.96. The summed E-state index contributed by atoms with van der Waals surface area (Å²) in [4.78, 5) is 23.2. The van der Waals surface area contributed by atoms with E-state index in [0.717, 1.165) is 0 Å². The maximum absolute atomic E-state index is 11.9. The molecular formula is C15H28O8. The first-order valence-electron chi connectivity index (χ1n) is 7.39. The van der Waals surface area contributed by atoms with E-state index >= 15 is 0 Å². The van der Waals surface area contributed by atoms with Crippen LogP contribution >= 0.6 is 0 Å². The Morgan fingerprint density at radius 3 is 2.17 bits per heavy atom. The summed E-state index contributed by atoms with van der Waals surface area (Å²) in [5.74, 6) is -0.516. The summed E-state index contributed by atoms with van der Waals surface area (Å²) in [6.07, 6.45) is -1.41. The average Bonchev–Trinajstić information content (AvgIpc) is 2.48. The summed E-state index contributed by atoms with van der Waals surface area (Å²) in [6, 6.07) is 0. The second-order valence-corrected chi connectivity index (χ2v) is 5.49. The van der Waals surface area contributed by atoms with Crippen LogP contribution in [0.3, 0.4) is 0 Å². The van der Waals surface area contributed by atoms with Gasteiger partial charge < -0.3 is 28.4 Å². The van der Waals surface area contributed by atoms with E-state index in [-0.39, 0.29) is 32.5 Å². The Morgan fingerprint density at radius 2 is 1.61 bits per heavy atom. The molecule has 0 spiro atoms. The minimum Gasteiger partial charge on any atom is -0.461 e. The summed E-state index contributed by atoms with van der Waals surface area (Å²) < 4.78 is 30.0. The number of esters is 1. The lowest BCUT2D eigenvalue weighted by atomic mass is 10.1. The first kappa shape index (κ1) is 21.6. The van der Waals surface area contributed by atoms with Crippen molar-refractivity contribution in [3.05, 3.63) is 0 Å². The normalized spacial score (nSPS) is 14.0. The van der Waals surface area contributed by atoms with Crippen LogP contribution in [0.5, 0.6) is 0 Å². The first-order valence-corrected chi connectivity index (χ1v) is 7.39. The molecular weight excluding hydrogens is 308 g/mol. The Kier molecular flexibility index (Phi) is 10.5. The lowest BCUT2D eigenvalue weighted by Crippen LogP contribution is -2.39. The van der Waals surface area contributed by atoms with Crippen molar-refractivity contribution >= 4 is 12.1 Å². The smallest absolute Gasteiger partial charge is 0.461 e. The van der Waals surface area contributed by atoms with E-state index in [9.17, 15) is 9.59 Å². The second-order valence-electron chi connectivity index (χ2n) is 5.49. The van der Waals surface area contributed by atoms with Crippen molar-refractivity contribution in [2.75, 3.05) is 40.6 Å². The zero-order valence-corrected chi connectivity index (χ0v) is 14.7. The van der Waals surface area contributed by atoms with Crippen LogP contribution in [0.25, 0.3) is 0 Å². The molecule has 0 aromatic carbocycles. The largest absolute Gasteiger partial charge is 0.508 e. The molecule has 0 heterocycles. The molecule has 8 nitrogen and oxygen atoms in total. The minimum absolute atomic E-state index is 0.0374. The molecule has 2 atom stereocenters. The Bertz CT molecular complexity index is 355. The van der Waals surface area contributed by atoms with Crippen molar-refractivity contribution < 1.29 is 38.0 Å². The minimum atomic E-state index is -1.15. The third-order valence-electron chi connectivity index (χ3n) is 2.81. The number of carbonyl (C=O) groups excluding carboxylic acids is 2. The maximum Gasteiger partial charge on any atom is 0.508 e. The van der Waals surface area contributed by atoms with Crippen molar-refractivity contribution in [3.63, 3.8) is 0 Å². The number of carbonyl (C=O) groups is 2. The van der Waals surface area contributed by atoms with Crippen LogP contribution < -0.4 is 0 Å². The molecule has 2 unspecified atom stereocenters. The lowest BCUT2D eigenvalue weighted by Gasteiger charge is -2.24. The molecule has 0 bridgehead atoms. The van der Waals surface area contributed by atoms with E-state index in [2.05, 4.69) is 0 Å². The highest BCUT2D eigenvalue weighted by atomic mass is 16.7. The van der Waals surface area contributed by atoms with Gasteiger partial charge in [0.2, 0.25) is 0 Å². The molecule has 0 N–H and O–H groups in total. The number of ether oxygens (including phenoxy) is 6. The molecule has 0 amide bonds. The number of methoxy groups -OCH3 is 2. The van der Waals surface area contributed by atoms with Crippen LogP contribution in [0, 0.1) is 0 Å².